The molecule has 0 unspecified atom stereocenters. The van der Waals surface area contributed by atoms with Gasteiger partial charge in [0.1, 0.15) is 5.75 Å². The summed E-state index contributed by atoms with van der Waals surface area (Å²) in [6, 6.07) is 15.9. The number of benzene rings is 2. The zero-order valence-electron chi connectivity index (χ0n) is 18.8. The van der Waals surface area contributed by atoms with Gasteiger partial charge >= 0.3 is 0 Å². The molecule has 162 valence electrons. The molecule has 0 N–H and O–H groups in total. The van der Waals surface area contributed by atoms with Crippen molar-refractivity contribution in [1.29, 1.82) is 0 Å². The largest absolute Gasteiger partial charge is 0.491 e. The van der Waals surface area contributed by atoms with Crippen LogP contribution in [0, 0.1) is 0 Å². The molecule has 0 spiro atoms. The number of hydrogen-bond donors (Lipinski definition) is 0. The Hall–Kier alpha value is -3.14. The fraction of sp³-hybridized carbons (Fsp3) is 0.333. The zero-order valence-corrected chi connectivity index (χ0v) is 18.8. The van der Waals surface area contributed by atoms with Crippen molar-refractivity contribution in [3.8, 4) is 5.75 Å². The van der Waals surface area contributed by atoms with Gasteiger partial charge in [0.15, 0.2) is 5.82 Å². The monoisotopic (exact) mass is 416 g/mol. The first-order chi connectivity index (χ1) is 15.1. The maximum atomic E-state index is 13.0. The van der Waals surface area contributed by atoms with Crippen LogP contribution in [0.4, 0.5) is 0 Å². The highest BCUT2D eigenvalue weighted by Crippen LogP contribution is 2.17. The maximum Gasteiger partial charge on any atom is 0.228 e. The van der Waals surface area contributed by atoms with Crippen LogP contribution in [0.2, 0.25) is 0 Å². The average molecular weight is 417 g/mol. The van der Waals surface area contributed by atoms with Crippen molar-refractivity contribution in [3.63, 3.8) is 0 Å². The van der Waals surface area contributed by atoms with Gasteiger partial charge in [-0.15, -0.1) is 0 Å². The minimum absolute atomic E-state index is 0.0501. The highest BCUT2D eigenvalue weighted by atomic mass is 16.5. The number of unbranched alkanes of at least 4 members (excludes halogenated alkanes) is 2. The van der Waals surface area contributed by atoms with Crippen LogP contribution in [-0.2, 0) is 13.0 Å². The maximum absolute atomic E-state index is 13.0. The Morgan fingerprint density at radius 3 is 2.68 bits per heavy atom. The minimum Gasteiger partial charge on any atom is -0.491 e. The van der Waals surface area contributed by atoms with Crippen molar-refractivity contribution in [2.24, 2.45) is 0 Å². The fourth-order valence-electron chi connectivity index (χ4n) is 3.46. The summed E-state index contributed by atoms with van der Waals surface area (Å²) in [5.41, 5.74) is 3.01. The van der Waals surface area contributed by atoms with Gasteiger partial charge in [-0.3, -0.25) is 4.79 Å². The topological polar surface area (TPSA) is 44.1 Å². The number of hydrogen-bond acceptors (Lipinski definition) is 3. The number of ether oxygens (including phenoxy) is 1. The van der Waals surface area contributed by atoms with Crippen LogP contribution in [-0.4, -0.2) is 21.4 Å². The van der Waals surface area contributed by atoms with Crippen LogP contribution in [0.15, 0.2) is 67.0 Å². The second kappa shape index (κ2) is 11.3. The average Bonchev–Trinajstić information content (AvgIpc) is 3.22. The second-order valence-corrected chi connectivity index (χ2v) is 8.03. The van der Waals surface area contributed by atoms with E-state index in [0.29, 0.717) is 17.9 Å². The number of carbonyl (C=O) groups is 1. The summed E-state index contributed by atoms with van der Waals surface area (Å²) in [6.45, 7) is 6.81. The first-order valence-electron chi connectivity index (χ1n) is 11.1. The van der Waals surface area contributed by atoms with E-state index in [1.165, 1.54) is 24.8 Å². The van der Waals surface area contributed by atoms with Crippen LogP contribution in [0.1, 0.15) is 67.3 Å². The van der Waals surface area contributed by atoms with Crippen molar-refractivity contribution in [1.82, 2.24) is 9.55 Å². The lowest BCUT2D eigenvalue weighted by molar-refractivity contribution is 0.102. The van der Waals surface area contributed by atoms with Crippen molar-refractivity contribution >= 4 is 11.9 Å². The van der Waals surface area contributed by atoms with E-state index in [2.05, 4.69) is 24.0 Å². The third-order valence-electron chi connectivity index (χ3n) is 5.05. The molecule has 0 radical (unpaired) electrons. The molecule has 0 fully saturated rings. The predicted molar refractivity (Wildman–Crippen MR) is 127 cm³/mol. The highest BCUT2D eigenvalue weighted by Gasteiger charge is 2.14. The van der Waals surface area contributed by atoms with Crippen LogP contribution < -0.4 is 4.74 Å². The Morgan fingerprint density at radius 2 is 1.94 bits per heavy atom. The summed E-state index contributed by atoms with van der Waals surface area (Å²) in [4.78, 5) is 17.3. The summed E-state index contributed by atoms with van der Waals surface area (Å²) >= 11 is 0. The van der Waals surface area contributed by atoms with Gasteiger partial charge in [-0.05, 0) is 49.9 Å². The predicted octanol–water partition coefficient (Wildman–Crippen LogP) is 6.35. The number of ketones is 1. The molecule has 0 aliphatic heterocycles. The van der Waals surface area contributed by atoms with E-state index >= 15 is 0 Å². The van der Waals surface area contributed by atoms with Crippen molar-refractivity contribution in [2.75, 3.05) is 0 Å². The molecular weight excluding hydrogens is 384 g/mol. The second-order valence-electron chi connectivity index (χ2n) is 8.03. The zero-order chi connectivity index (χ0) is 22.1. The van der Waals surface area contributed by atoms with E-state index in [4.69, 9.17) is 4.74 Å². The highest BCUT2D eigenvalue weighted by molar-refractivity contribution is 6.06. The fourth-order valence-corrected chi connectivity index (χ4v) is 3.46. The van der Waals surface area contributed by atoms with Crippen molar-refractivity contribution in [3.05, 3.63) is 89.5 Å². The lowest BCUT2D eigenvalue weighted by atomic mass is 10.0. The molecule has 0 atom stereocenters. The normalized spacial score (nSPS) is 11.4. The molecule has 31 heavy (non-hydrogen) atoms. The molecule has 4 heteroatoms. The van der Waals surface area contributed by atoms with E-state index in [0.717, 1.165) is 17.7 Å². The number of aryl methyl sites for hydroxylation is 1. The SMILES string of the molecule is CCCCCc1ccc(C(=O)c2nccn2C/C=C/c2cccc(OC(C)C)c2)cc1. The molecule has 0 saturated heterocycles. The van der Waals surface area contributed by atoms with E-state index in [-0.39, 0.29) is 11.9 Å². The molecule has 0 aliphatic rings. The van der Waals surface area contributed by atoms with Gasteiger partial charge in [0.05, 0.1) is 6.10 Å². The first kappa shape index (κ1) is 22.5. The summed E-state index contributed by atoms with van der Waals surface area (Å²) in [7, 11) is 0. The summed E-state index contributed by atoms with van der Waals surface area (Å²) < 4.78 is 7.63. The Bertz CT molecular complexity index is 1000. The first-order valence-corrected chi connectivity index (χ1v) is 11.1. The van der Waals surface area contributed by atoms with Gasteiger partial charge in [0.25, 0.3) is 0 Å². The van der Waals surface area contributed by atoms with E-state index in [1.54, 1.807) is 6.20 Å². The molecule has 0 saturated carbocycles. The van der Waals surface area contributed by atoms with Gasteiger partial charge in [-0.1, -0.05) is 68.3 Å². The van der Waals surface area contributed by atoms with Crippen molar-refractivity contribution < 1.29 is 9.53 Å². The van der Waals surface area contributed by atoms with Gasteiger partial charge < -0.3 is 9.30 Å². The standard InChI is InChI=1S/C27H32N2O2/c1-4-5-6-9-22-13-15-24(16-14-22)26(30)27-28-17-19-29(27)18-8-11-23-10-7-12-25(20-23)31-21(2)3/h7-8,10-17,19-21H,4-6,9,18H2,1-3H3/b11-8+. The number of aromatic nitrogens is 2. The van der Waals surface area contributed by atoms with Crippen LogP contribution in [0.3, 0.4) is 0 Å². The van der Waals surface area contributed by atoms with Crippen LogP contribution in [0.25, 0.3) is 6.08 Å². The Morgan fingerprint density at radius 1 is 1.13 bits per heavy atom. The van der Waals surface area contributed by atoms with Crippen LogP contribution in [0.5, 0.6) is 5.75 Å². The Kier molecular flexibility index (Phi) is 8.22. The summed E-state index contributed by atoms with van der Waals surface area (Å²) in [5, 5.41) is 0. The summed E-state index contributed by atoms with van der Waals surface area (Å²) in [6.07, 6.45) is 12.4. The third kappa shape index (κ3) is 6.68. The number of nitrogens with zero attached hydrogens (tertiary/aromatic N) is 2. The molecule has 2 aromatic carbocycles. The van der Waals surface area contributed by atoms with Gasteiger partial charge in [0, 0.05) is 24.5 Å². The minimum atomic E-state index is -0.0501. The molecule has 3 rings (SSSR count). The number of imidazole rings is 1. The molecule has 1 heterocycles. The Labute approximate surface area is 185 Å². The van der Waals surface area contributed by atoms with E-state index in [1.807, 2.05) is 73.2 Å². The molecule has 0 bridgehead atoms. The Balaban J connectivity index is 1.64. The number of allylic oxidation sites excluding steroid dienone is 1. The van der Waals surface area contributed by atoms with Crippen LogP contribution >= 0.6 is 0 Å². The van der Waals surface area contributed by atoms with Gasteiger partial charge in [-0.2, -0.15) is 0 Å². The van der Waals surface area contributed by atoms with E-state index in [9.17, 15) is 4.79 Å². The van der Waals surface area contributed by atoms with E-state index < -0.39 is 0 Å². The summed E-state index contributed by atoms with van der Waals surface area (Å²) in [5.74, 6) is 1.26. The molecule has 0 amide bonds. The van der Waals surface area contributed by atoms with Gasteiger partial charge in [0.2, 0.25) is 5.78 Å². The molecule has 4 nitrogen and oxygen atoms in total. The lowest BCUT2D eigenvalue weighted by Gasteiger charge is -2.09. The molecular formula is C27H32N2O2. The molecule has 0 aliphatic carbocycles. The molecule has 1 aromatic heterocycles. The number of carbonyl (C=O) groups excluding carboxylic acids is 1. The quantitative estimate of drug-likeness (QED) is 0.270. The smallest absolute Gasteiger partial charge is 0.228 e. The third-order valence-corrected chi connectivity index (χ3v) is 5.05. The van der Waals surface area contributed by atoms with Crippen molar-refractivity contribution in [2.45, 2.75) is 59.1 Å². The van der Waals surface area contributed by atoms with Gasteiger partial charge in [-0.25, -0.2) is 4.98 Å². The molecule has 3 aromatic rings. The number of rotatable bonds is 11. The lowest BCUT2D eigenvalue weighted by Crippen LogP contribution is -2.10.